The molecule has 2 aromatic carbocycles. The number of rotatable bonds is 12. The van der Waals surface area contributed by atoms with Gasteiger partial charge in [-0.05, 0) is 30.9 Å². The van der Waals surface area contributed by atoms with Gasteiger partial charge >= 0.3 is 5.91 Å². The Balaban J connectivity index is 1.64. The van der Waals surface area contributed by atoms with E-state index in [1.807, 2.05) is 60.7 Å². The molecule has 0 aliphatic carbocycles. The van der Waals surface area contributed by atoms with Crippen molar-refractivity contribution in [2.45, 2.75) is 74.2 Å². The van der Waals surface area contributed by atoms with Crippen molar-refractivity contribution in [2.75, 3.05) is 6.54 Å². The van der Waals surface area contributed by atoms with Crippen molar-refractivity contribution in [2.24, 2.45) is 11.7 Å². The van der Waals surface area contributed by atoms with Crippen molar-refractivity contribution >= 4 is 21.7 Å². The quantitative estimate of drug-likeness (QED) is 0.231. The van der Waals surface area contributed by atoms with Gasteiger partial charge in [-0.1, -0.05) is 87.0 Å². The molecule has 1 fully saturated rings. The van der Waals surface area contributed by atoms with Gasteiger partial charge in [0.15, 0.2) is 15.8 Å². The molecule has 0 saturated carbocycles. The normalized spacial score (nSPS) is 20.2. The lowest BCUT2D eigenvalue weighted by Gasteiger charge is -2.43. The highest BCUT2D eigenvalue weighted by atomic mass is 32.2. The van der Waals surface area contributed by atoms with Crippen LogP contribution in [0.3, 0.4) is 0 Å². The Morgan fingerprint density at radius 2 is 1.60 bits per heavy atom. The van der Waals surface area contributed by atoms with Gasteiger partial charge in [0.05, 0.1) is 19.0 Å². The Bertz CT molecular complexity index is 1480. The van der Waals surface area contributed by atoms with E-state index in [1.54, 1.807) is 26.0 Å². The molecular formula is C33H39N4O4S+. The van der Waals surface area contributed by atoms with E-state index in [2.05, 4.69) is 11.1 Å². The third-order valence-corrected chi connectivity index (χ3v) is 11.3. The Kier molecular flexibility index (Phi) is 9.60. The lowest BCUT2D eigenvalue weighted by molar-refractivity contribution is -0.882. The zero-order valence-corrected chi connectivity index (χ0v) is 25.0. The van der Waals surface area contributed by atoms with Crippen molar-refractivity contribution in [1.29, 1.82) is 5.26 Å². The zero-order chi connectivity index (χ0) is 30.4. The van der Waals surface area contributed by atoms with Gasteiger partial charge in [0.2, 0.25) is 9.84 Å². The van der Waals surface area contributed by atoms with E-state index in [9.17, 15) is 23.3 Å². The summed E-state index contributed by atoms with van der Waals surface area (Å²) in [5, 5.41) is 10.1. The van der Waals surface area contributed by atoms with Crippen molar-refractivity contribution in [3.63, 3.8) is 0 Å². The van der Waals surface area contributed by atoms with Crippen LogP contribution in [-0.4, -0.2) is 47.0 Å². The molecule has 9 heteroatoms. The molecule has 4 rings (SSSR count). The molecule has 3 aromatic rings. The smallest absolute Gasteiger partial charge is 0.315 e. The average Bonchev–Trinajstić information content (AvgIpc) is 3.45. The number of sulfone groups is 1. The zero-order valence-electron chi connectivity index (χ0n) is 24.2. The van der Waals surface area contributed by atoms with Crippen LogP contribution in [0.25, 0.3) is 0 Å². The number of carbonyl (C=O) groups is 2. The third-order valence-electron chi connectivity index (χ3n) is 8.75. The van der Waals surface area contributed by atoms with Gasteiger partial charge in [-0.15, -0.1) is 0 Å². The Hall–Kier alpha value is -3.87. The van der Waals surface area contributed by atoms with Crippen molar-refractivity contribution < 1.29 is 22.5 Å². The van der Waals surface area contributed by atoms with Crippen LogP contribution < -0.4 is 5.73 Å². The van der Waals surface area contributed by atoms with Crippen LogP contribution in [0.4, 0.5) is 0 Å². The van der Waals surface area contributed by atoms with Gasteiger partial charge in [-0.25, -0.2) is 22.7 Å². The maximum absolute atomic E-state index is 14.4. The first-order valence-electron chi connectivity index (χ1n) is 14.5. The summed E-state index contributed by atoms with van der Waals surface area (Å²) in [7, 11) is -4.07. The molecule has 0 spiro atoms. The van der Waals surface area contributed by atoms with Crippen LogP contribution in [-0.2, 0) is 19.4 Å². The van der Waals surface area contributed by atoms with Gasteiger partial charge in [0, 0.05) is 30.2 Å². The van der Waals surface area contributed by atoms with E-state index in [1.165, 1.54) is 12.3 Å². The molecule has 1 aromatic heterocycles. The third kappa shape index (κ3) is 5.61. The molecule has 2 unspecified atom stereocenters. The number of nitrogens with two attached hydrogens (primary N) is 1. The number of hydrogen-bond donors (Lipinski definition) is 1. The minimum Gasteiger partial charge on any atom is -0.364 e. The van der Waals surface area contributed by atoms with Gasteiger partial charge in [0.25, 0.3) is 5.91 Å². The summed E-state index contributed by atoms with van der Waals surface area (Å²) in [6, 6.07) is 25.1. The van der Waals surface area contributed by atoms with Gasteiger partial charge in [-0.3, -0.25) is 4.79 Å². The molecule has 0 radical (unpaired) electrons. The number of aromatic nitrogens is 1. The van der Waals surface area contributed by atoms with E-state index in [-0.39, 0.29) is 28.3 Å². The first kappa shape index (κ1) is 31.1. The molecule has 1 aliphatic heterocycles. The average molecular weight is 588 g/mol. The highest BCUT2D eigenvalue weighted by Gasteiger charge is 2.56. The minimum absolute atomic E-state index is 0.0629. The highest BCUT2D eigenvalue weighted by Crippen LogP contribution is 2.44. The second-order valence-corrected chi connectivity index (χ2v) is 13.5. The molecule has 2 amide bonds. The van der Waals surface area contributed by atoms with E-state index in [0.29, 0.717) is 32.2 Å². The lowest BCUT2D eigenvalue weighted by atomic mass is 9.89. The van der Waals surface area contributed by atoms with Crippen LogP contribution in [0.5, 0.6) is 0 Å². The maximum Gasteiger partial charge on any atom is 0.315 e. The minimum atomic E-state index is -4.07. The predicted octanol–water partition coefficient (Wildman–Crippen LogP) is 5.11. The molecular weight excluding hydrogens is 548 g/mol. The summed E-state index contributed by atoms with van der Waals surface area (Å²) in [5.74, 6) is -1.10. The molecule has 1 aliphatic rings. The molecule has 8 nitrogen and oxygen atoms in total. The predicted molar refractivity (Wildman–Crippen MR) is 160 cm³/mol. The van der Waals surface area contributed by atoms with Gasteiger partial charge in [0.1, 0.15) is 6.04 Å². The number of primary amides is 1. The summed E-state index contributed by atoms with van der Waals surface area (Å²) in [4.78, 5) is 31.3. The fourth-order valence-corrected chi connectivity index (χ4v) is 8.58. The molecule has 2 heterocycles. The standard InChI is InChI=1S/C33H38N4O4S/c1-25(2)33(24-34,42(40,41)29-19-10-12-22-36-29)21-11-9-20-30(38)37(23-13-18-28(37)32(35)39)31(26-14-5-3-6-15-26)27-16-7-4-8-17-27/h3-8,10,12,14-17,19,22,25,28,31H,9,11,13,18,20-21,23H2,1-2H3,(H-,35,39)/p+1/t28?,33?,37-/m1/s1. The number of pyridine rings is 1. The fourth-order valence-electron chi connectivity index (χ4n) is 6.59. The van der Waals surface area contributed by atoms with Crippen LogP contribution in [0.1, 0.15) is 69.5 Å². The first-order valence-corrected chi connectivity index (χ1v) is 16.0. The van der Waals surface area contributed by atoms with E-state index < -0.39 is 38.5 Å². The largest absolute Gasteiger partial charge is 0.364 e. The van der Waals surface area contributed by atoms with Crippen LogP contribution >= 0.6 is 0 Å². The number of benzene rings is 2. The number of likely N-dealkylation sites (tertiary alicyclic amines) is 1. The second-order valence-electron chi connectivity index (χ2n) is 11.4. The number of hydrogen-bond acceptors (Lipinski definition) is 6. The first-order chi connectivity index (χ1) is 20.1. The van der Waals surface area contributed by atoms with E-state index in [4.69, 9.17) is 5.73 Å². The van der Waals surface area contributed by atoms with Gasteiger partial charge < -0.3 is 5.73 Å². The number of unbranched alkanes of at least 4 members (excludes halogenated alkanes) is 1. The number of carbonyl (C=O) groups excluding carboxylic acids is 2. The molecule has 1 saturated heterocycles. The van der Waals surface area contributed by atoms with Crippen molar-refractivity contribution in [3.8, 4) is 6.07 Å². The summed E-state index contributed by atoms with van der Waals surface area (Å²) in [6.07, 6.45) is 3.50. The number of amides is 2. The van der Waals surface area contributed by atoms with Crippen LogP contribution in [0.2, 0.25) is 0 Å². The van der Waals surface area contributed by atoms with Crippen LogP contribution in [0.15, 0.2) is 90.1 Å². The molecule has 220 valence electrons. The fraction of sp³-hybridized carbons (Fsp3) is 0.394. The Labute approximate surface area is 248 Å². The summed E-state index contributed by atoms with van der Waals surface area (Å²) >= 11 is 0. The maximum atomic E-state index is 14.4. The monoisotopic (exact) mass is 587 g/mol. The number of quaternary nitrogens is 1. The van der Waals surface area contributed by atoms with Gasteiger partial charge in [-0.2, -0.15) is 5.26 Å². The second kappa shape index (κ2) is 13.0. The summed E-state index contributed by atoms with van der Waals surface area (Å²) in [6.45, 7) is 3.92. The molecule has 42 heavy (non-hydrogen) atoms. The molecule has 2 N–H and O–H groups in total. The van der Waals surface area contributed by atoms with Crippen molar-refractivity contribution in [1.82, 2.24) is 4.98 Å². The Morgan fingerprint density at radius 3 is 2.10 bits per heavy atom. The topological polar surface area (TPSA) is 131 Å². The number of nitrogens with zero attached hydrogens (tertiary/aromatic N) is 3. The number of nitriles is 1. The SMILES string of the molecule is CC(C)C(C#N)(CCCCC(=O)[N@@+]1(C(c2ccccc2)c2ccccc2)CCCC1C(N)=O)S(=O)(=O)c1ccccn1. The van der Waals surface area contributed by atoms with Crippen LogP contribution in [0, 0.1) is 17.2 Å². The van der Waals surface area contributed by atoms with Crippen molar-refractivity contribution in [3.05, 3.63) is 96.2 Å². The van der Waals surface area contributed by atoms with E-state index in [0.717, 1.165) is 11.1 Å². The van der Waals surface area contributed by atoms with E-state index >= 15 is 0 Å². The summed E-state index contributed by atoms with van der Waals surface area (Å²) in [5.41, 5.74) is 7.81. The summed E-state index contributed by atoms with van der Waals surface area (Å²) < 4.78 is 25.5. The highest BCUT2D eigenvalue weighted by molar-refractivity contribution is 7.93. The molecule has 0 bridgehead atoms. The Morgan fingerprint density at radius 1 is 1.00 bits per heavy atom. The lowest BCUT2D eigenvalue weighted by Crippen LogP contribution is -2.62. The molecule has 3 atom stereocenters.